The van der Waals surface area contributed by atoms with Crippen molar-refractivity contribution in [1.29, 1.82) is 0 Å². The van der Waals surface area contributed by atoms with Crippen molar-refractivity contribution in [1.82, 2.24) is 10.2 Å². The number of para-hydroxylation sites is 1. The molecule has 1 rings (SSSR count). The summed E-state index contributed by atoms with van der Waals surface area (Å²) in [6, 6.07) is 8.64. The number of benzene rings is 1. The quantitative estimate of drug-likeness (QED) is 0.786. The van der Waals surface area contributed by atoms with Crippen LogP contribution in [0.15, 0.2) is 24.3 Å². The summed E-state index contributed by atoms with van der Waals surface area (Å²) in [6.45, 7) is 3.84. The molecule has 0 saturated heterocycles. The molecule has 3 nitrogen and oxygen atoms in total. The molecule has 0 bridgehead atoms. The fourth-order valence-corrected chi connectivity index (χ4v) is 1.82. The maximum absolute atomic E-state index is 5.85. The van der Waals surface area contributed by atoms with E-state index in [1.165, 1.54) is 5.56 Å². The zero-order valence-electron chi connectivity index (χ0n) is 11.4. The van der Waals surface area contributed by atoms with Gasteiger partial charge >= 0.3 is 0 Å². The van der Waals surface area contributed by atoms with Gasteiger partial charge in [0.2, 0.25) is 0 Å². The van der Waals surface area contributed by atoms with Crippen molar-refractivity contribution < 1.29 is 4.74 Å². The maximum Gasteiger partial charge on any atom is 0.124 e. The van der Waals surface area contributed by atoms with Gasteiger partial charge in [0.25, 0.3) is 0 Å². The first kappa shape index (κ1) is 14.0. The van der Waals surface area contributed by atoms with Crippen LogP contribution in [0, 0.1) is 0 Å². The lowest BCUT2D eigenvalue weighted by Crippen LogP contribution is -2.21. The fourth-order valence-electron chi connectivity index (χ4n) is 1.82. The number of hydrogen-bond donors (Lipinski definition) is 1. The Hall–Kier alpha value is -1.06. The summed E-state index contributed by atoms with van der Waals surface area (Å²) in [5.74, 6) is 0.996. The van der Waals surface area contributed by atoms with E-state index < -0.39 is 0 Å². The summed E-state index contributed by atoms with van der Waals surface area (Å²) in [4.78, 5) is 2.12. The molecule has 0 radical (unpaired) electrons. The van der Waals surface area contributed by atoms with E-state index >= 15 is 0 Å². The molecule has 0 spiro atoms. The molecule has 0 fully saturated rings. The van der Waals surface area contributed by atoms with Crippen LogP contribution in [0.2, 0.25) is 0 Å². The Kier molecular flexibility index (Phi) is 6.01. The molecule has 0 saturated carbocycles. The topological polar surface area (TPSA) is 24.5 Å². The molecular formula is C14H24N2O. The van der Waals surface area contributed by atoms with Gasteiger partial charge in [-0.2, -0.15) is 0 Å². The van der Waals surface area contributed by atoms with Gasteiger partial charge in [-0.05, 0) is 33.6 Å². The van der Waals surface area contributed by atoms with E-state index in [0.717, 1.165) is 25.3 Å². The number of rotatable bonds is 7. The van der Waals surface area contributed by atoms with Gasteiger partial charge in [-0.1, -0.05) is 25.1 Å². The molecule has 1 unspecified atom stereocenters. The van der Waals surface area contributed by atoms with Crippen LogP contribution < -0.4 is 10.1 Å². The molecule has 0 aromatic heterocycles. The third kappa shape index (κ3) is 4.36. The molecule has 0 aliphatic heterocycles. The second kappa shape index (κ2) is 7.30. The zero-order valence-corrected chi connectivity index (χ0v) is 11.4. The highest BCUT2D eigenvalue weighted by Crippen LogP contribution is 2.26. The summed E-state index contributed by atoms with van der Waals surface area (Å²) >= 11 is 0. The van der Waals surface area contributed by atoms with Crippen molar-refractivity contribution in [2.45, 2.75) is 19.4 Å². The van der Waals surface area contributed by atoms with Gasteiger partial charge < -0.3 is 15.0 Å². The van der Waals surface area contributed by atoms with Crippen molar-refractivity contribution in [3.63, 3.8) is 0 Å². The molecule has 1 atom stereocenters. The number of nitrogens with one attached hydrogen (secondary N) is 1. The summed E-state index contributed by atoms with van der Waals surface area (Å²) in [6.07, 6.45) is 1.06. The van der Waals surface area contributed by atoms with Crippen LogP contribution in [-0.4, -0.2) is 39.2 Å². The number of nitrogens with zero attached hydrogens (tertiary/aromatic N) is 1. The largest absolute Gasteiger partial charge is 0.492 e. The highest BCUT2D eigenvalue weighted by atomic mass is 16.5. The number of hydrogen-bond acceptors (Lipinski definition) is 3. The Labute approximate surface area is 105 Å². The predicted molar refractivity (Wildman–Crippen MR) is 72.6 cm³/mol. The second-order valence-corrected chi connectivity index (χ2v) is 4.44. The first-order valence-corrected chi connectivity index (χ1v) is 6.22. The highest BCUT2D eigenvalue weighted by Gasteiger charge is 2.11. The van der Waals surface area contributed by atoms with Crippen LogP contribution in [0.4, 0.5) is 0 Å². The smallest absolute Gasteiger partial charge is 0.124 e. The van der Waals surface area contributed by atoms with E-state index in [9.17, 15) is 0 Å². The van der Waals surface area contributed by atoms with E-state index in [2.05, 4.69) is 43.4 Å². The van der Waals surface area contributed by atoms with Crippen molar-refractivity contribution >= 4 is 0 Å². The minimum atomic E-state index is 0.366. The predicted octanol–water partition coefficient (Wildman–Crippen LogP) is 2.30. The molecule has 3 heteroatoms. The number of ether oxygens (including phenoxy) is 1. The van der Waals surface area contributed by atoms with Crippen LogP contribution in [0.5, 0.6) is 5.75 Å². The summed E-state index contributed by atoms with van der Waals surface area (Å²) < 4.78 is 5.85. The van der Waals surface area contributed by atoms with Gasteiger partial charge in [-0.15, -0.1) is 0 Å². The van der Waals surface area contributed by atoms with Crippen LogP contribution >= 0.6 is 0 Å². The summed E-state index contributed by atoms with van der Waals surface area (Å²) in [5, 5.41) is 3.32. The van der Waals surface area contributed by atoms with Crippen LogP contribution in [0.25, 0.3) is 0 Å². The van der Waals surface area contributed by atoms with E-state index in [1.807, 2.05) is 19.2 Å². The summed E-state index contributed by atoms with van der Waals surface area (Å²) in [7, 11) is 6.10. The van der Waals surface area contributed by atoms with Gasteiger partial charge in [-0.25, -0.2) is 0 Å². The number of likely N-dealkylation sites (N-methyl/N-ethyl adjacent to an activating group) is 1. The van der Waals surface area contributed by atoms with Crippen LogP contribution in [-0.2, 0) is 0 Å². The van der Waals surface area contributed by atoms with Gasteiger partial charge in [0.15, 0.2) is 0 Å². The molecule has 0 amide bonds. The van der Waals surface area contributed by atoms with Crippen molar-refractivity contribution in [3.05, 3.63) is 29.8 Å². The lowest BCUT2D eigenvalue weighted by atomic mass is 10.0. The molecular weight excluding hydrogens is 212 g/mol. The van der Waals surface area contributed by atoms with Gasteiger partial charge in [-0.3, -0.25) is 0 Å². The standard InChI is InChI=1S/C14H24N2O/c1-5-13(15-2)12-8-6-7-9-14(12)17-11-10-16(3)4/h6-9,13,15H,5,10-11H2,1-4H3. The Bertz CT molecular complexity index is 322. The molecule has 1 aromatic rings. The SMILES string of the molecule is CCC(NC)c1ccccc1OCCN(C)C. The Morgan fingerprint density at radius 1 is 1.29 bits per heavy atom. The van der Waals surface area contributed by atoms with Gasteiger partial charge in [0, 0.05) is 18.2 Å². The lowest BCUT2D eigenvalue weighted by Gasteiger charge is -2.19. The normalized spacial score (nSPS) is 12.8. The van der Waals surface area contributed by atoms with Crippen LogP contribution in [0.1, 0.15) is 24.9 Å². The Morgan fingerprint density at radius 3 is 2.59 bits per heavy atom. The van der Waals surface area contributed by atoms with Gasteiger partial charge in [0.1, 0.15) is 12.4 Å². The Morgan fingerprint density at radius 2 is 2.00 bits per heavy atom. The first-order chi connectivity index (χ1) is 8.19. The Balaban J connectivity index is 2.70. The minimum absolute atomic E-state index is 0.366. The second-order valence-electron chi connectivity index (χ2n) is 4.44. The third-order valence-electron chi connectivity index (χ3n) is 2.85. The molecule has 17 heavy (non-hydrogen) atoms. The minimum Gasteiger partial charge on any atom is -0.492 e. The first-order valence-electron chi connectivity index (χ1n) is 6.22. The van der Waals surface area contributed by atoms with E-state index in [4.69, 9.17) is 4.74 Å². The van der Waals surface area contributed by atoms with E-state index in [0.29, 0.717) is 6.04 Å². The molecule has 0 heterocycles. The fraction of sp³-hybridized carbons (Fsp3) is 0.571. The van der Waals surface area contributed by atoms with Crippen molar-refractivity contribution in [3.8, 4) is 5.75 Å². The van der Waals surface area contributed by atoms with E-state index in [1.54, 1.807) is 0 Å². The molecule has 96 valence electrons. The van der Waals surface area contributed by atoms with Gasteiger partial charge in [0.05, 0.1) is 0 Å². The van der Waals surface area contributed by atoms with Crippen molar-refractivity contribution in [2.24, 2.45) is 0 Å². The average molecular weight is 236 g/mol. The monoisotopic (exact) mass is 236 g/mol. The third-order valence-corrected chi connectivity index (χ3v) is 2.85. The molecule has 1 aromatic carbocycles. The summed E-state index contributed by atoms with van der Waals surface area (Å²) in [5.41, 5.74) is 1.25. The van der Waals surface area contributed by atoms with Crippen LogP contribution in [0.3, 0.4) is 0 Å². The molecule has 1 N–H and O–H groups in total. The molecule has 0 aliphatic carbocycles. The average Bonchev–Trinajstić information content (AvgIpc) is 2.32. The molecule has 0 aliphatic rings. The highest BCUT2D eigenvalue weighted by molar-refractivity contribution is 5.35. The lowest BCUT2D eigenvalue weighted by molar-refractivity contribution is 0.257. The zero-order chi connectivity index (χ0) is 12.7. The van der Waals surface area contributed by atoms with E-state index in [-0.39, 0.29) is 0 Å². The van der Waals surface area contributed by atoms with Crippen molar-refractivity contribution in [2.75, 3.05) is 34.3 Å². The maximum atomic E-state index is 5.85.